The highest BCUT2D eigenvalue weighted by molar-refractivity contribution is 5.21. The second-order valence-corrected chi connectivity index (χ2v) is 3.13. The van der Waals surface area contributed by atoms with Crippen LogP contribution < -0.4 is 0 Å². The topological polar surface area (TPSA) is 20.2 Å². The first-order valence-electron chi connectivity index (χ1n) is 5.04. The molecule has 0 heterocycles. The van der Waals surface area contributed by atoms with Crippen molar-refractivity contribution in [2.24, 2.45) is 0 Å². The molecule has 0 aliphatic heterocycles. The molecule has 0 aliphatic rings. The molecule has 0 aliphatic carbocycles. The summed E-state index contributed by atoms with van der Waals surface area (Å²) in [6.07, 6.45) is 0.624. The lowest BCUT2D eigenvalue weighted by Crippen LogP contribution is -2.19. The van der Waals surface area contributed by atoms with Gasteiger partial charge in [-0.3, -0.25) is 0 Å². The summed E-state index contributed by atoms with van der Waals surface area (Å²) in [4.78, 5) is 0. The van der Waals surface area contributed by atoms with Gasteiger partial charge in [-0.1, -0.05) is 32.9 Å². The van der Waals surface area contributed by atoms with Gasteiger partial charge in [0.25, 0.3) is 0 Å². The zero-order chi connectivity index (χ0) is 11.2. The third-order valence-corrected chi connectivity index (χ3v) is 2.15. The molecule has 0 fully saturated rings. The first-order valence-corrected chi connectivity index (χ1v) is 5.04. The molecule has 0 aromatic heterocycles. The third kappa shape index (κ3) is 3.46. The lowest BCUT2D eigenvalue weighted by Gasteiger charge is -2.21. The minimum Gasteiger partial charge on any atom is -0.385 e. The lowest BCUT2D eigenvalue weighted by molar-refractivity contribution is 0.0530. The molecule has 1 aromatic carbocycles. The largest absolute Gasteiger partial charge is 0.385 e. The Kier molecular flexibility index (Phi) is 5.39. The van der Waals surface area contributed by atoms with Gasteiger partial charge in [0, 0.05) is 0 Å². The molecule has 0 bridgehead atoms. The molecule has 1 aromatic rings. The van der Waals surface area contributed by atoms with Crippen molar-refractivity contribution in [3.63, 3.8) is 0 Å². The van der Waals surface area contributed by atoms with Crippen molar-refractivity contribution in [1.82, 2.24) is 0 Å². The Hall–Kier alpha value is -0.890. The van der Waals surface area contributed by atoms with Crippen LogP contribution >= 0.6 is 0 Å². The van der Waals surface area contributed by atoms with Crippen LogP contribution in [0.15, 0.2) is 24.3 Å². The highest BCUT2D eigenvalue weighted by Gasteiger charge is 2.19. The number of hydrogen-bond acceptors (Lipinski definition) is 1. The number of aliphatic hydroxyl groups is 1. The molecule has 0 amide bonds. The van der Waals surface area contributed by atoms with Gasteiger partial charge >= 0.3 is 0 Å². The fraction of sp³-hybridized carbons (Fsp3) is 0.500. The van der Waals surface area contributed by atoms with E-state index in [9.17, 15) is 9.50 Å². The smallest absolute Gasteiger partial charge is 0.123 e. The van der Waals surface area contributed by atoms with Gasteiger partial charge in [0.2, 0.25) is 0 Å². The van der Waals surface area contributed by atoms with Gasteiger partial charge in [0.15, 0.2) is 0 Å². The van der Waals surface area contributed by atoms with Crippen molar-refractivity contribution in [1.29, 1.82) is 0 Å². The molecular formula is C12H19FO. The lowest BCUT2D eigenvalue weighted by atomic mass is 9.94. The first kappa shape index (κ1) is 13.1. The minimum atomic E-state index is -0.840. The van der Waals surface area contributed by atoms with Crippen molar-refractivity contribution < 1.29 is 9.50 Å². The van der Waals surface area contributed by atoms with E-state index in [4.69, 9.17) is 0 Å². The number of halogens is 1. The van der Waals surface area contributed by atoms with E-state index in [1.54, 1.807) is 19.1 Å². The summed E-state index contributed by atoms with van der Waals surface area (Å²) in [5.41, 5.74) is -0.0837. The fourth-order valence-electron chi connectivity index (χ4n) is 1.01. The number of hydrogen-bond donors (Lipinski definition) is 1. The summed E-state index contributed by atoms with van der Waals surface area (Å²) < 4.78 is 12.5. The van der Waals surface area contributed by atoms with Crippen LogP contribution in [0.2, 0.25) is 0 Å². The Balaban J connectivity index is 0.000000791. The van der Waals surface area contributed by atoms with Crippen molar-refractivity contribution in [3.05, 3.63) is 35.6 Å². The molecule has 2 heteroatoms. The molecule has 1 atom stereocenters. The van der Waals surface area contributed by atoms with Gasteiger partial charge in [-0.05, 0) is 31.0 Å². The number of rotatable bonds is 2. The minimum absolute atomic E-state index is 0.273. The molecular weight excluding hydrogens is 179 g/mol. The Labute approximate surface area is 85.6 Å². The zero-order valence-corrected chi connectivity index (χ0v) is 9.34. The van der Waals surface area contributed by atoms with Gasteiger partial charge in [-0.15, -0.1) is 0 Å². The second-order valence-electron chi connectivity index (χ2n) is 3.13. The molecule has 1 unspecified atom stereocenters. The molecule has 0 saturated carbocycles. The highest BCUT2D eigenvalue weighted by atomic mass is 19.1. The van der Waals surface area contributed by atoms with Crippen molar-refractivity contribution in [2.75, 3.05) is 0 Å². The van der Waals surface area contributed by atoms with E-state index in [1.165, 1.54) is 12.1 Å². The molecule has 1 nitrogen and oxygen atoms in total. The van der Waals surface area contributed by atoms with Crippen LogP contribution in [0.3, 0.4) is 0 Å². The van der Waals surface area contributed by atoms with Crippen LogP contribution in [0.4, 0.5) is 4.39 Å². The van der Waals surface area contributed by atoms with Gasteiger partial charge in [0.1, 0.15) is 5.82 Å². The SMILES string of the molecule is CC.CCC(C)(O)c1ccc(F)cc1. The Morgan fingerprint density at radius 1 is 1.21 bits per heavy atom. The maximum absolute atomic E-state index is 12.5. The molecule has 14 heavy (non-hydrogen) atoms. The predicted octanol–water partition coefficient (Wildman–Crippen LogP) is 3.47. The van der Waals surface area contributed by atoms with Gasteiger partial charge in [-0.25, -0.2) is 4.39 Å². The highest BCUT2D eigenvalue weighted by Crippen LogP contribution is 2.23. The fourth-order valence-corrected chi connectivity index (χ4v) is 1.01. The summed E-state index contributed by atoms with van der Waals surface area (Å²) in [6.45, 7) is 7.61. The van der Waals surface area contributed by atoms with Crippen molar-refractivity contribution in [2.45, 2.75) is 39.7 Å². The van der Waals surface area contributed by atoms with E-state index in [-0.39, 0.29) is 5.82 Å². The average molecular weight is 198 g/mol. The van der Waals surface area contributed by atoms with Gasteiger partial charge in [0.05, 0.1) is 5.60 Å². The molecule has 80 valence electrons. The van der Waals surface area contributed by atoms with Crippen LogP contribution in [0.5, 0.6) is 0 Å². The van der Waals surface area contributed by atoms with Gasteiger partial charge in [-0.2, -0.15) is 0 Å². The monoisotopic (exact) mass is 198 g/mol. The van der Waals surface area contributed by atoms with Crippen LogP contribution in [-0.2, 0) is 5.60 Å². The summed E-state index contributed by atoms with van der Waals surface area (Å²) in [5.74, 6) is -0.273. The number of benzene rings is 1. The predicted molar refractivity (Wildman–Crippen MR) is 57.6 cm³/mol. The second kappa shape index (κ2) is 5.76. The molecule has 0 radical (unpaired) electrons. The van der Waals surface area contributed by atoms with Crippen LogP contribution in [-0.4, -0.2) is 5.11 Å². The maximum atomic E-state index is 12.5. The summed E-state index contributed by atoms with van der Waals surface area (Å²) in [6, 6.07) is 5.94. The van der Waals surface area contributed by atoms with Crippen LogP contribution in [0.25, 0.3) is 0 Å². The molecule has 1 rings (SSSR count). The van der Waals surface area contributed by atoms with E-state index in [2.05, 4.69) is 0 Å². The summed E-state index contributed by atoms with van der Waals surface area (Å²) in [7, 11) is 0. The average Bonchev–Trinajstić information content (AvgIpc) is 2.21. The molecule has 0 spiro atoms. The first-order chi connectivity index (χ1) is 6.56. The van der Waals surface area contributed by atoms with E-state index < -0.39 is 5.60 Å². The quantitative estimate of drug-likeness (QED) is 0.771. The van der Waals surface area contributed by atoms with E-state index in [0.29, 0.717) is 6.42 Å². The molecule has 1 N–H and O–H groups in total. The van der Waals surface area contributed by atoms with E-state index >= 15 is 0 Å². The van der Waals surface area contributed by atoms with E-state index in [1.807, 2.05) is 20.8 Å². The molecule has 0 saturated heterocycles. The van der Waals surface area contributed by atoms with Crippen LogP contribution in [0.1, 0.15) is 39.7 Å². The standard InChI is InChI=1S/C10H13FO.C2H6/c1-3-10(2,12)8-4-6-9(11)7-5-8;1-2/h4-7,12H,3H2,1-2H3;1-2H3. The normalized spacial score (nSPS) is 13.9. The maximum Gasteiger partial charge on any atom is 0.123 e. The van der Waals surface area contributed by atoms with Crippen molar-refractivity contribution >= 4 is 0 Å². The third-order valence-electron chi connectivity index (χ3n) is 2.15. The summed E-state index contributed by atoms with van der Waals surface area (Å²) >= 11 is 0. The van der Waals surface area contributed by atoms with Gasteiger partial charge < -0.3 is 5.11 Å². The zero-order valence-electron chi connectivity index (χ0n) is 9.34. The Morgan fingerprint density at radius 3 is 2.00 bits per heavy atom. The van der Waals surface area contributed by atoms with Crippen molar-refractivity contribution in [3.8, 4) is 0 Å². The summed E-state index contributed by atoms with van der Waals surface area (Å²) in [5, 5.41) is 9.76. The van der Waals surface area contributed by atoms with E-state index in [0.717, 1.165) is 5.56 Å². The van der Waals surface area contributed by atoms with Crippen LogP contribution in [0, 0.1) is 5.82 Å². The Morgan fingerprint density at radius 2 is 1.64 bits per heavy atom. The Bertz CT molecular complexity index is 252.